The minimum absolute atomic E-state index is 0.162. The molecular formula is C31H40N8O3. The Morgan fingerprint density at radius 1 is 0.976 bits per heavy atom. The number of amides is 3. The zero-order chi connectivity index (χ0) is 29.9. The van der Waals surface area contributed by atoms with Gasteiger partial charge in [-0.1, -0.05) is 42.5 Å². The molecule has 11 heteroatoms. The van der Waals surface area contributed by atoms with Crippen molar-refractivity contribution in [1.29, 1.82) is 0 Å². The maximum absolute atomic E-state index is 13.4. The Morgan fingerprint density at radius 3 is 2.31 bits per heavy atom. The molecule has 42 heavy (non-hydrogen) atoms. The topological polar surface area (TPSA) is 143 Å². The number of likely N-dealkylation sites (tertiary alicyclic amines) is 1. The summed E-state index contributed by atoms with van der Waals surface area (Å²) in [4.78, 5) is 49.2. The van der Waals surface area contributed by atoms with E-state index in [1.807, 2.05) is 54.6 Å². The summed E-state index contributed by atoms with van der Waals surface area (Å²) in [6, 6.07) is 18.5. The lowest BCUT2D eigenvalue weighted by Gasteiger charge is -2.43. The Labute approximate surface area is 246 Å². The molecule has 0 spiro atoms. The molecule has 2 saturated heterocycles. The average Bonchev–Trinajstić information content (AvgIpc) is 2.98. The van der Waals surface area contributed by atoms with Gasteiger partial charge in [0.05, 0.1) is 17.3 Å². The number of piperidine rings is 1. The first-order chi connectivity index (χ1) is 20.1. The second-order valence-electron chi connectivity index (χ2n) is 11.8. The number of aromatic nitrogens is 2. The molecular weight excluding hydrogens is 532 g/mol. The van der Waals surface area contributed by atoms with Gasteiger partial charge in [-0.3, -0.25) is 19.6 Å². The summed E-state index contributed by atoms with van der Waals surface area (Å²) < 4.78 is 1.45. The van der Waals surface area contributed by atoms with Gasteiger partial charge in [0, 0.05) is 38.4 Å². The smallest absolute Gasteiger partial charge is 0.337 e. The highest BCUT2D eigenvalue weighted by Gasteiger charge is 2.37. The van der Waals surface area contributed by atoms with Crippen LogP contribution in [-0.2, 0) is 11.3 Å². The van der Waals surface area contributed by atoms with Crippen LogP contribution in [0.4, 0.5) is 10.6 Å². The van der Waals surface area contributed by atoms with E-state index in [4.69, 9.17) is 11.5 Å². The lowest BCUT2D eigenvalue weighted by Crippen LogP contribution is -2.59. The van der Waals surface area contributed by atoms with E-state index in [0.29, 0.717) is 31.4 Å². The van der Waals surface area contributed by atoms with Gasteiger partial charge in [-0.05, 0) is 69.1 Å². The molecule has 2 aliphatic rings. The number of nitrogens with two attached hydrogens (primary N) is 2. The standard InChI is InChI=1S/C31H40N8O3/c1-31(2,33)28(40)37-18-19-39(26(21-37)23-6-4-3-5-7-23)30(42)35-27-14-17-38(29(41)34-27)25-10-8-22(9-11-25)20-36-15-12-24(32)13-16-36/h3-11,14,17,24,26H,12-13,15-16,18-21,32-33H2,1-2H3,(H,34,35,41,42)/t26-/m1/s1. The van der Waals surface area contributed by atoms with Crippen LogP contribution < -0.4 is 22.5 Å². The summed E-state index contributed by atoms with van der Waals surface area (Å²) in [6.07, 6.45) is 3.63. The van der Waals surface area contributed by atoms with Gasteiger partial charge < -0.3 is 21.3 Å². The first-order valence-electron chi connectivity index (χ1n) is 14.5. The fraction of sp³-hybridized carbons (Fsp3) is 0.419. The summed E-state index contributed by atoms with van der Waals surface area (Å²) in [5.41, 5.74) is 13.4. The van der Waals surface area contributed by atoms with Crippen LogP contribution in [0.15, 0.2) is 71.7 Å². The maximum Gasteiger partial charge on any atom is 0.354 e. The molecule has 11 nitrogen and oxygen atoms in total. The number of rotatable bonds is 6. The average molecular weight is 573 g/mol. The Kier molecular flexibility index (Phi) is 8.72. The van der Waals surface area contributed by atoms with Crippen molar-refractivity contribution < 1.29 is 9.59 Å². The number of piperazine rings is 1. The lowest BCUT2D eigenvalue weighted by atomic mass is 9.99. The van der Waals surface area contributed by atoms with E-state index < -0.39 is 17.3 Å². The third kappa shape index (κ3) is 6.87. The van der Waals surface area contributed by atoms with Crippen LogP contribution in [0, 0.1) is 0 Å². The fourth-order valence-corrected chi connectivity index (χ4v) is 5.56. The van der Waals surface area contributed by atoms with Crippen LogP contribution in [0.3, 0.4) is 0 Å². The third-order valence-corrected chi connectivity index (χ3v) is 7.96. The number of benzene rings is 2. The molecule has 2 fully saturated rings. The van der Waals surface area contributed by atoms with E-state index in [1.165, 1.54) is 10.1 Å². The summed E-state index contributed by atoms with van der Waals surface area (Å²) in [6.45, 7) is 7.17. The normalized spacial score (nSPS) is 18.6. The first-order valence-corrected chi connectivity index (χ1v) is 14.5. The highest BCUT2D eigenvalue weighted by atomic mass is 16.2. The van der Waals surface area contributed by atoms with Gasteiger partial charge in [0.2, 0.25) is 5.91 Å². The van der Waals surface area contributed by atoms with Crippen LogP contribution in [0.25, 0.3) is 5.69 Å². The zero-order valence-electron chi connectivity index (χ0n) is 24.3. The van der Waals surface area contributed by atoms with Crippen molar-refractivity contribution in [2.24, 2.45) is 11.5 Å². The molecule has 5 rings (SSSR count). The summed E-state index contributed by atoms with van der Waals surface area (Å²) in [5, 5.41) is 2.78. The van der Waals surface area contributed by atoms with Crippen LogP contribution in [0.5, 0.6) is 0 Å². The second kappa shape index (κ2) is 12.4. The van der Waals surface area contributed by atoms with E-state index in [2.05, 4.69) is 15.2 Å². The lowest BCUT2D eigenvalue weighted by molar-refractivity contribution is -0.138. The predicted molar refractivity (Wildman–Crippen MR) is 162 cm³/mol. The molecule has 2 aromatic carbocycles. The number of carbonyl (C=O) groups is 2. The number of hydrogen-bond donors (Lipinski definition) is 3. The van der Waals surface area contributed by atoms with E-state index in [9.17, 15) is 14.4 Å². The predicted octanol–water partition coefficient (Wildman–Crippen LogP) is 2.31. The van der Waals surface area contributed by atoms with Crippen molar-refractivity contribution in [3.8, 4) is 5.69 Å². The van der Waals surface area contributed by atoms with Crippen LogP contribution in [0.2, 0.25) is 0 Å². The van der Waals surface area contributed by atoms with Crippen molar-refractivity contribution >= 4 is 17.8 Å². The Morgan fingerprint density at radius 2 is 1.67 bits per heavy atom. The maximum atomic E-state index is 13.4. The molecule has 3 aromatic rings. The van der Waals surface area contributed by atoms with E-state index in [1.54, 1.807) is 35.9 Å². The number of nitrogens with zero attached hydrogens (tertiary/aromatic N) is 5. The molecule has 0 unspecified atom stereocenters. The van der Waals surface area contributed by atoms with Crippen molar-refractivity contribution in [3.05, 3.63) is 88.5 Å². The number of anilines is 1. The Bertz CT molecular complexity index is 1440. The highest BCUT2D eigenvalue weighted by Crippen LogP contribution is 2.27. The molecule has 5 N–H and O–H groups in total. The van der Waals surface area contributed by atoms with Gasteiger partial charge >= 0.3 is 11.7 Å². The van der Waals surface area contributed by atoms with Gasteiger partial charge in [-0.2, -0.15) is 4.98 Å². The monoisotopic (exact) mass is 572 g/mol. The Balaban J connectivity index is 1.26. The summed E-state index contributed by atoms with van der Waals surface area (Å²) in [7, 11) is 0. The largest absolute Gasteiger partial charge is 0.354 e. The van der Waals surface area contributed by atoms with Gasteiger partial charge in [0.25, 0.3) is 0 Å². The molecule has 1 aromatic heterocycles. The SMILES string of the molecule is CC(C)(N)C(=O)N1CCN(C(=O)Nc2ccn(-c3ccc(CN4CCC(N)CC4)cc3)c(=O)n2)[C@@H](c2ccccc2)C1. The second-order valence-corrected chi connectivity index (χ2v) is 11.8. The van der Waals surface area contributed by atoms with Gasteiger partial charge in [0.15, 0.2) is 0 Å². The number of urea groups is 1. The third-order valence-electron chi connectivity index (χ3n) is 7.96. The molecule has 0 bridgehead atoms. The van der Waals surface area contributed by atoms with E-state index in [-0.39, 0.29) is 17.8 Å². The summed E-state index contributed by atoms with van der Waals surface area (Å²) in [5.74, 6) is -0.00684. The van der Waals surface area contributed by atoms with Crippen molar-refractivity contribution in [2.45, 2.75) is 50.9 Å². The summed E-state index contributed by atoms with van der Waals surface area (Å²) >= 11 is 0. The van der Waals surface area contributed by atoms with Gasteiger partial charge in [-0.15, -0.1) is 0 Å². The van der Waals surface area contributed by atoms with Crippen molar-refractivity contribution in [2.75, 3.05) is 38.0 Å². The number of nitrogens with one attached hydrogen (secondary N) is 1. The highest BCUT2D eigenvalue weighted by molar-refractivity contribution is 5.89. The quantitative estimate of drug-likeness (QED) is 0.411. The van der Waals surface area contributed by atoms with Crippen LogP contribution in [0.1, 0.15) is 43.9 Å². The molecule has 3 heterocycles. The number of hydrogen-bond acceptors (Lipinski definition) is 7. The van der Waals surface area contributed by atoms with Crippen LogP contribution in [-0.4, -0.2) is 80.5 Å². The zero-order valence-corrected chi connectivity index (χ0v) is 24.3. The molecule has 0 saturated carbocycles. The number of carbonyl (C=O) groups excluding carboxylic acids is 2. The first kappa shape index (κ1) is 29.4. The van der Waals surface area contributed by atoms with E-state index >= 15 is 0 Å². The van der Waals surface area contributed by atoms with Crippen molar-refractivity contribution in [1.82, 2.24) is 24.3 Å². The van der Waals surface area contributed by atoms with E-state index in [0.717, 1.165) is 38.0 Å². The minimum Gasteiger partial charge on any atom is -0.337 e. The van der Waals surface area contributed by atoms with Gasteiger partial charge in [-0.25, -0.2) is 9.59 Å². The Hall–Kier alpha value is -4.06. The molecule has 222 valence electrons. The minimum atomic E-state index is -1.01. The molecule has 3 amide bonds. The molecule has 2 aliphatic heterocycles. The fourth-order valence-electron chi connectivity index (χ4n) is 5.56. The molecule has 0 radical (unpaired) electrons. The molecule has 1 atom stereocenters. The van der Waals surface area contributed by atoms with Crippen molar-refractivity contribution in [3.63, 3.8) is 0 Å². The van der Waals surface area contributed by atoms with Crippen LogP contribution >= 0.6 is 0 Å². The molecule has 0 aliphatic carbocycles. The van der Waals surface area contributed by atoms with Gasteiger partial charge in [0.1, 0.15) is 5.82 Å².